The van der Waals surface area contributed by atoms with Crippen molar-refractivity contribution >= 4 is 45.5 Å². The van der Waals surface area contributed by atoms with Gasteiger partial charge in [0.1, 0.15) is 15.7 Å². The minimum Gasteiger partial charge on any atom is -0.366 e. The predicted octanol–water partition coefficient (Wildman–Crippen LogP) is 1.19. The van der Waals surface area contributed by atoms with Crippen LogP contribution in [-0.4, -0.2) is 71.1 Å². The maximum atomic E-state index is 13.8. The summed E-state index contributed by atoms with van der Waals surface area (Å²) in [6.45, 7) is 3.11. The molecule has 1 N–H and O–H groups in total. The van der Waals surface area contributed by atoms with Crippen LogP contribution in [0.4, 0.5) is 10.1 Å². The molecule has 1 saturated heterocycles. The van der Waals surface area contributed by atoms with E-state index in [4.69, 9.17) is 0 Å². The molecule has 2 rings (SSSR count). The molecule has 1 heterocycles. The number of benzene rings is 1. The highest BCUT2D eigenvalue weighted by Gasteiger charge is 2.21. The van der Waals surface area contributed by atoms with E-state index in [1.54, 1.807) is 19.2 Å². The number of para-hydroxylation sites is 1. The van der Waals surface area contributed by atoms with Gasteiger partial charge in [-0.15, -0.1) is 24.0 Å². The monoisotopic (exact) mass is 470 g/mol. The zero-order valence-electron chi connectivity index (χ0n) is 13.9. The molecule has 136 valence electrons. The molecule has 6 nitrogen and oxygen atoms in total. The zero-order valence-corrected chi connectivity index (χ0v) is 17.1. The molecule has 0 spiro atoms. The van der Waals surface area contributed by atoms with Crippen molar-refractivity contribution in [2.75, 3.05) is 56.7 Å². The maximum absolute atomic E-state index is 13.8. The molecule has 0 bridgehead atoms. The van der Waals surface area contributed by atoms with Crippen molar-refractivity contribution in [3.8, 4) is 0 Å². The van der Waals surface area contributed by atoms with Gasteiger partial charge in [0.2, 0.25) is 0 Å². The Morgan fingerprint density at radius 2 is 1.88 bits per heavy atom. The Bertz CT molecular complexity index is 661. The van der Waals surface area contributed by atoms with E-state index in [1.807, 2.05) is 11.0 Å². The molecule has 0 aromatic heterocycles. The lowest BCUT2D eigenvalue weighted by Gasteiger charge is -2.37. The van der Waals surface area contributed by atoms with Gasteiger partial charge in [0.05, 0.1) is 11.4 Å². The molecule has 24 heavy (non-hydrogen) atoms. The molecule has 0 atom stereocenters. The average molecular weight is 470 g/mol. The fraction of sp³-hybridized carbons (Fsp3) is 0.533. The first-order valence-corrected chi connectivity index (χ1v) is 9.59. The summed E-state index contributed by atoms with van der Waals surface area (Å²) in [4.78, 5) is 8.26. The van der Waals surface area contributed by atoms with Gasteiger partial charge >= 0.3 is 0 Å². The summed E-state index contributed by atoms with van der Waals surface area (Å²) >= 11 is 0. The number of nitrogens with one attached hydrogen (secondary N) is 1. The molecule has 0 amide bonds. The number of guanidine groups is 1. The van der Waals surface area contributed by atoms with E-state index in [9.17, 15) is 12.8 Å². The number of sulfone groups is 1. The zero-order chi connectivity index (χ0) is 16.9. The van der Waals surface area contributed by atoms with Gasteiger partial charge in [-0.05, 0) is 12.1 Å². The van der Waals surface area contributed by atoms with Crippen LogP contribution in [0.5, 0.6) is 0 Å². The van der Waals surface area contributed by atoms with Gasteiger partial charge in [0, 0.05) is 46.0 Å². The van der Waals surface area contributed by atoms with Gasteiger partial charge in [0.25, 0.3) is 0 Å². The third-order valence-corrected chi connectivity index (χ3v) is 4.69. The van der Waals surface area contributed by atoms with Crippen LogP contribution in [0.25, 0.3) is 0 Å². The summed E-state index contributed by atoms with van der Waals surface area (Å²) in [6.07, 6.45) is 1.21. The lowest BCUT2D eigenvalue weighted by molar-refractivity contribution is 0.372. The molecule has 1 aromatic carbocycles. The van der Waals surface area contributed by atoms with Crippen LogP contribution >= 0.6 is 24.0 Å². The van der Waals surface area contributed by atoms with Crippen LogP contribution < -0.4 is 10.2 Å². The van der Waals surface area contributed by atoms with Crippen molar-refractivity contribution in [2.24, 2.45) is 4.99 Å². The lowest BCUT2D eigenvalue weighted by atomic mass is 10.2. The van der Waals surface area contributed by atoms with Crippen LogP contribution in [0.3, 0.4) is 0 Å². The molecule has 1 fully saturated rings. The summed E-state index contributed by atoms with van der Waals surface area (Å²) < 4.78 is 36.2. The number of rotatable bonds is 4. The van der Waals surface area contributed by atoms with Crippen LogP contribution in [0.1, 0.15) is 0 Å². The average Bonchev–Trinajstić information content (AvgIpc) is 2.51. The Labute approximate surface area is 160 Å². The lowest BCUT2D eigenvalue weighted by Crippen LogP contribution is -2.53. The second kappa shape index (κ2) is 9.40. The van der Waals surface area contributed by atoms with Crippen molar-refractivity contribution in [3.63, 3.8) is 0 Å². The summed E-state index contributed by atoms with van der Waals surface area (Å²) in [5.74, 6) is 0.541. The number of halogens is 2. The fourth-order valence-electron chi connectivity index (χ4n) is 2.55. The molecular weight excluding hydrogens is 446 g/mol. The minimum absolute atomic E-state index is 0. The molecule has 1 aliphatic rings. The first-order chi connectivity index (χ1) is 10.9. The van der Waals surface area contributed by atoms with E-state index in [1.165, 1.54) is 12.3 Å². The van der Waals surface area contributed by atoms with Gasteiger partial charge in [-0.25, -0.2) is 12.8 Å². The molecule has 0 saturated carbocycles. The third kappa shape index (κ3) is 6.08. The number of nitrogens with zero attached hydrogens (tertiary/aromatic N) is 3. The van der Waals surface area contributed by atoms with Gasteiger partial charge in [0.15, 0.2) is 5.96 Å². The summed E-state index contributed by atoms with van der Waals surface area (Å²) in [6, 6.07) is 6.76. The number of hydrogen-bond acceptors (Lipinski definition) is 4. The van der Waals surface area contributed by atoms with E-state index >= 15 is 0 Å². The molecule has 1 aromatic rings. The second-order valence-corrected chi connectivity index (χ2v) is 7.79. The van der Waals surface area contributed by atoms with Crippen molar-refractivity contribution in [2.45, 2.75) is 0 Å². The Morgan fingerprint density at radius 3 is 2.42 bits per heavy atom. The van der Waals surface area contributed by atoms with Gasteiger partial charge in [-0.1, -0.05) is 12.1 Å². The number of piperazine rings is 1. The Balaban J connectivity index is 0.00000288. The molecule has 0 aliphatic carbocycles. The minimum atomic E-state index is -2.99. The smallest absolute Gasteiger partial charge is 0.193 e. The molecular formula is C15H24FIN4O2S. The quantitative estimate of drug-likeness (QED) is 0.407. The highest BCUT2D eigenvalue weighted by Crippen LogP contribution is 2.20. The van der Waals surface area contributed by atoms with Gasteiger partial charge in [-0.3, -0.25) is 4.99 Å². The van der Waals surface area contributed by atoms with Crippen LogP contribution in [0.2, 0.25) is 0 Å². The summed E-state index contributed by atoms with van der Waals surface area (Å²) in [5, 5.41) is 3.07. The van der Waals surface area contributed by atoms with Crippen LogP contribution in [-0.2, 0) is 9.84 Å². The van der Waals surface area contributed by atoms with E-state index in [0.29, 0.717) is 44.4 Å². The van der Waals surface area contributed by atoms with Crippen LogP contribution in [0.15, 0.2) is 29.3 Å². The maximum Gasteiger partial charge on any atom is 0.193 e. The number of hydrogen-bond donors (Lipinski definition) is 1. The first kappa shape index (κ1) is 20.9. The van der Waals surface area contributed by atoms with Crippen LogP contribution in [0, 0.1) is 5.82 Å². The molecule has 0 radical (unpaired) electrons. The summed E-state index contributed by atoms with van der Waals surface area (Å²) in [5.41, 5.74) is 0.618. The highest BCUT2D eigenvalue weighted by atomic mass is 127. The normalized spacial score (nSPS) is 15.9. The van der Waals surface area contributed by atoms with Crippen molar-refractivity contribution in [1.82, 2.24) is 10.2 Å². The first-order valence-electron chi connectivity index (χ1n) is 7.53. The van der Waals surface area contributed by atoms with E-state index in [-0.39, 0.29) is 35.5 Å². The van der Waals surface area contributed by atoms with Crippen molar-refractivity contribution in [1.29, 1.82) is 0 Å². The third-order valence-electron chi connectivity index (χ3n) is 3.74. The Morgan fingerprint density at radius 1 is 1.25 bits per heavy atom. The predicted molar refractivity (Wildman–Crippen MR) is 107 cm³/mol. The van der Waals surface area contributed by atoms with E-state index in [2.05, 4.69) is 15.2 Å². The SMILES string of the molecule is CN=C(NCCS(C)(=O)=O)N1CCN(c2ccccc2F)CC1.I. The molecule has 0 unspecified atom stereocenters. The largest absolute Gasteiger partial charge is 0.366 e. The number of aliphatic imine (C=N–C) groups is 1. The number of anilines is 1. The topological polar surface area (TPSA) is 65.0 Å². The van der Waals surface area contributed by atoms with Gasteiger partial charge in [-0.2, -0.15) is 0 Å². The standard InChI is InChI=1S/C15H23FN4O2S.HI/c1-17-15(18-7-12-23(2,21)22)20-10-8-19(9-11-20)14-6-4-3-5-13(14)16;/h3-6H,7-12H2,1-2H3,(H,17,18);1H. The summed E-state index contributed by atoms with van der Waals surface area (Å²) in [7, 11) is -1.32. The molecule has 1 aliphatic heterocycles. The van der Waals surface area contributed by atoms with Crippen molar-refractivity contribution in [3.05, 3.63) is 30.1 Å². The van der Waals surface area contributed by atoms with E-state index in [0.717, 1.165) is 0 Å². The second-order valence-electron chi connectivity index (χ2n) is 5.53. The van der Waals surface area contributed by atoms with Crippen molar-refractivity contribution < 1.29 is 12.8 Å². The Hall–Kier alpha value is -1.10. The van der Waals surface area contributed by atoms with Gasteiger partial charge < -0.3 is 15.1 Å². The fourth-order valence-corrected chi connectivity index (χ4v) is 3.02. The highest BCUT2D eigenvalue weighted by molar-refractivity contribution is 14.0. The Kier molecular flexibility index (Phi) is 8.20. The van der Waals surface area contributed by atoms with E-state index < -0.39 is 9.84 Å². The molecule has 9 heteroatoms.